The van der Waals surface area contributed by atoms with E-state index >= 15 is 0 Å². The minimum atomic E-state index is -1.51. The van der Waals surface area contributed by atoms with Gasteiger partial charge in [-0.15, -0.1) is 0 Å². The molecule has 0 aromatic carbocycles. The van der Waals surface area contributed by atoms with Crippen LogP contribution in [-0.4, -0.2) is 62.8 Å². The fourth-order valence-electron chi connectivity index (χ4n) is 1.79. The van der Waals surface area contributed by atoms with Gasteiger partial charge in [0.25, 0.3) is 5.95 Å². The first-order chi connectivity index (χ1) is 9.06. The van der Waals surface area contributed by atoms with Gasteiger partial charge in [-0.25, -0.2) is 0 Å². The molecule has 2 rings (SSSR count). The van der Waals surface area contributed by atoms with E-state index < -0.39 is 37.3 Å². The number of hydrogen-bond donors (Lipinski definition) is 5. The fraction of sp³-hybridized carbons (Fsp3) is 0.636. The molecule has 5 atom stereocenters. The average molecular weight is 276 g/mol. The van der Waals surface area contributed by atoms with Gasteiger partial charge in [-0.05, 0) is 6.07 Å². The second-order valence-electron chi connectivity index (χ2n) is 4.19. The summed E-state index contributed by atoms with van der Waals surface area (Å²) in [4.78, 5) is 0. The lowest BCUT2D eigenvalue weighted by atomic mass is 9.99. The molecule has 1 aliphatic rings. The quantitative estimate of drug-likeness (QED) is 0.424. The van der Waals surface area contributed by atoms with Gasteiger partial charge in [-0.2, -0.15) is 0 Å². The second-order valence-corrected chi connectivity index (χ2v) is 4.19. The van der Waals surface area contributed by atoms with Crippen molar-refractivity contribution in [2.75, 3.05) is 6.61 Å². The van der Waals surface area contributed by atoms with E-state index in [0.717, 1.165) is 0 Å². The van der Waals surface area contributed by atoms with Crippen molar-refractivity contribution in [3.63, 3.8) is 0 Å². The number of hydrogen-bond acceptors (Lipinski definition) is 8. The summed E-state index contributed by atoms with van der Waals surface area (Å²) in [5, 5.41) is 46.7. The van der Waals surface area contributed by atoms with Crippen LogP contribution in [0, 0.1) is 0 Å². The molecular formula is C11H16O8. The van der Waals surface area contributed by atoms with E-state index in [9.17, 15) is 15.3 Å². The molecular weight excluding hydrogens is 260 g/mol. The number of rotatable bonds is 4. The van der Waals surface area contributed by atoms with E-state index in [1.165, 1.54) is 12.1 Å². The molecule has 2 heterocycles. The number of aliphatic hydroxyl groups excluding tert-OH is 5. The molecule has 0 bridgehead atoms. The Morgan fingerprint density at radius 1 is 1.05 bits per heavy atom. The first-order valence-electron chi connectivity index (χ1n) is 5.73. The molecule has 5 N–H and O–H groups in total. The van der Waals surface area contributed by atoms with Gasteiger partial charge >= 0.3 is 0 Å². The summed E-state index contributed by atoms with van der Waals surface area (Å²) < 4.78 is 15.3. The number of furan rings is 1. The summed E-state index contributed by atoms with van der Waals surface area (Å²) >= 11 is 0. The van der Waals surface area contributed by atoms with Crippen molar-refractivity contribution in [1.29, 1.82) is 0 Å². The van der Waals surface area contributed by atoms with Crippen molar-refractivity contribution in [1.82, 2.24) is 0 Å². The topological polar surface area (TPSA) is 133 Å². The Balaban J connectivity index is 2.06. The molecule has 1 aromatic rings. The van der Waals surface area contributed by atoms with Crippen molar-refractivity contribution >= 4 is 0 Å². The summed E-state index contributed by atoms with van der Waals surface area (Å²) in [6, 6.07) is 2.88. The smallest absolute Gasteiger partial charge is 0.286 e. The van der Waals surface area contributed by atoms with Crippen LogP contribution in [0.25, 0.3) is 0 Å². The van der Waals surface area contributed by atoms with Crippen molar-refractivity contribution in [2.24, 2.45) is 0 Å². The maximum atomic E-state index is 9.71. The number of aliphatic hydroxyl groups is 5. The zero-order valence-electron chi connectivity index (χ0n) is 9.92. The highest BCUT2D eigenvalue weighted by molar-refractivity contribution is 5.11. The molecule has 0 amide bonds. The number of ether oxygens (including phenoxy) is 2. The highest BCUT2D eigenvalue weighted by Crippen LogP contribution is 2.25. The van der Waals surface area contributed by atoms with E-state index in [1.54, 1.807) is 0 Å². The zero-order valence-corrected chi connectivity index (χ0v) is 9.92. The molecule has 108 valence electrons. The Morgan fingerprint density at radius 3 is 2.37 bits per heavy atom. The summed E-state index contributed by atoms with van der Waals surface area (Å²) in [6.45, 7) is -0.844. The lowest BCUT2D eigenvalue weighted by Gasteiger charge is -2.39. The van der Waals surface area contributed by atoms with Crippen LogP contribution in [0.2, 0.25) is 0 Å². The third kappa shape index (κ3) is 2.89. The van der Waals surface area contributed by atoms with Gasteiger partial charge in [0.1, 0.15) is 36.8 Å². The predicted octanol–water partition coefficient (Wildman–Crippen LogP) is -2.05. The average Bonchev–Trinajstić information content (AvgIpc) is 2.87. The second kappa shape index (κ2) is 5.87. The van der Waals surface area contributed by atoms with E-state index in [-0.39, 0.29) is 18.3 Å². The van der Waals surface area contributed by atoms with Gasteiger partial charge in [0.05, 0.1) is 6.61 Å². The van der Waals surface area contributed by atoms with Crippen LogP contribution >= 0.6 is 0 Å². The SMILES string of the molecule is OCc1ccc(O[C@@H]2O[C@H](CO)[C@@H](O)[C@H](O)[C@H]2O)o1. The predicted molar refractivity (Wildman–Crippen MR) is 59.0 cm³/mol. The highest BCUT2D eigenvalue weighted by Gasteiger charge is 2.45. The van der Waals surface area contributed by atoms with E-state index in [2.05, 4.69) is 0 Å². The Hall–Kier alpha value is -1.16. The van der Waals surface area contributed by atoms with Crippen LogP contribution < -0.4 is 4.74 Å². The van der Waals surface area contributed by atoms with Gasteiger partial charge in [0.2, 0.25) is 6.29 Å². The maximum Gasteiger partial charge on any atom is 0.286 e. The molecule has 0 radical (unpaired) electrons. The molecule has 8 heteroatoms. The summed E-state index contributed by atoms with van der Waals surface area (Å²) in [6.07, 6.45) is -6.79. The molecule has 1 aromatic heterocycles. The Labute approximate surface area is 108 Å². The van der Waals surface area contributed by atoms with Crippen LogP contribution in [0.3, 0.4) is 0 Å². The van der Waals surface area contributed by atoms with Crippen LogP contribution in [0.15, 0.2) is 16.5 Å². The minimum Gasteiger partial charge on any atom is -0.432 e. The van der Waals surface area contributed by atoms with E-state index in [4.69, 9.17) is 24.1 Å². The molecule has 0 aliphatic carbocycles. The summed E-state index contributed by atoms with van der Waals surface area (Å²) in [5.41, 5.74) is 0. The normalized spacial score (nSPS) is 35.3. The summed E-state index contributed by atoms with van der Waals surface area (Å²) in [7, 11) is 0. The molecule has 1 aliphatic heterocycles. The highest BCUT2D eigenvalue weighted by atomic mass is 16.7. The molecule has 0 unspecified atom stereocenters. The largest absolute Gasteiger partial charge is 0.432 e. The first kappa shape index (κ1) is 14.3. The molecule has 1 fully saturated rings. The fourth-order valence-corrected chi connectivity index (χ4v) is 1.79. The Morgan fingerprint density at radius 2 is 1.79 bits per heavy atom. The molecule has 0 saturated carbocycles. The van der Waals surface area contributed by atoms with Crippen LogP contribution in [0.4, 0.5) is 0 Å². The van der Waals surface area contributed by atoms with Crippen molar-refractivity contribution in [3.05, 3.63) is 17.9 Å². The lowest BCUT2D eigenvalue weighted by Crippen LogP contribution is -2.60. The van der Waals surface area contributed by atoms with Crippen LogP contribution in [0.1, 0.15) is 5.76 Å². The van der Waals surface area contributed by atoms with Crippen molar-refractivity contribution in [3.8, 4) is 5.95 Å². The van der Waals surface area contributed by atoms with Crippen molar-refractivity contribution in [2.45, 2.75) is 37.3 Å². The summed E-state index contributed by atoms with van der Waals surface area (Å²) in [5.74, 6) is 0.243. The zero-order chi connectivity index (χ0) is 14.0. The van der Waals surface area contributed by atoms with Crippen LogP contribution in [-0.2, 0) is 11.3 Å². The van der Waals surface area contributed by atoms with E-state index in [0.29, 0.717) is 0 Å². The third-order valence-corrected chi connectivity index (χ3v) is 2.87. The third-order valence-electron chi connectivity index (χ3n) is 2.87. The van der Waals surface area contributed by atoms with Gasteiger partial charge in [0.15, 0.2) is 0 Å². The van der Waals surface area contributed by atoms with Crippen molar-refractivity contribution < 1.29 is 39.4 Å². The Bertz CT molecular complexity index is 403. The molecule has 1 saturated heterocycles. The van der Waals surface area contributed by atoms with Crippen LogP contribution in [0.5, 0.6) is 5.95 Å². The van der Waals surface area contributed by atoms with Gasteiger partial charge in [0, 0.05) is 6.07 Å². The maximum absolute atomic E-state index is 9.71. The Kier molecular flexibility index (Phi) is 4.40. The van der Waals surface area contributed by atoms with Gasteiger partial charge in [-0.3, -0.25) is 0 Å². The van der Waals surface area contributed by atoms with Gasteiger partial charge < -0.3 is 39.4 Å². The lowest BCUT2D eigenvalue weighted by molar-refractivity contribution is -0.280. The monoisotopic (exact) mass is 276 g/mol. The minimum absolute atomic E-state index is 0.0200. The standard InChI is InChI=1S/C11H16O8/c12-3-5-1-2-7(17-5)19-11-10(16)9(15)8(14)6(4-13)18-11/h1-2,6,8-16H,3-4H2/t6-,8-,9+,10-,11+/m1/s1. The molecule has 19 heavy (non-hydrogen) atoms. The van der Waals surface area contributed by atoms with E-state index in [1.807, 2.05) is 0 Å². The molecule has 0 spiro atoms. The first-order valence-corrected chi connectivity index (χ1v) is 5.73. The molecule has 8 nitrogen and oxygen atoms in total. The van der Waals surface area contributed by atoms with Gasteiger partial charge in [-0.1, -0.05) is 0 Å².